The summed E-state index contributed by atoms with van der Waals surface area (Å²) in [5.74, 6) is -0.204. The number of benzene rings is 2. The molecule has 0 atom stereocenters. The second-order valence-electron chi connectivity index (χ2n) is 4.27. The maximum atomic E-state index is 11.8. The molecule has 0 aliphatic rings. The summed E-state index contributed by atoms with van der Waals surface area (Å²) in [5, 5.41) is 13.2. The zero-order chi connectivity index (χ0) is 14.5. The summed E-state index contributed by atoms with van der Waals surface area (Å²) in [6, 6.07) is 12.8. The van der Waals surface area contributed by atoms with Crippen molar-refractivity contribution < 1.29 is 9.72 Å². The molecule has 2 aromatic rings. The number of nitrogens with zero attached hydrogens (tertiary/aromatic N) is 1. The van der Waals surface area contributed by atoms with Crippen LogP contribution in [0.4, 0.5) is 17.1 Å². The molecule has 0 heterocycles. The Bertz CT molecular complexity index is 638. The Hall–Kier alpha value is -2.89. The monoisotopic (exact) mass is 271 g/mol. The van der Waals surface area contributed by atoms with Crippen LogP contribution < -0.4 is 11.1 Å². The van der Waals surface area contributed by atoms with Gasteiger partial charge in [-0.1, -0.05) is 18.2 Å². The Morgan fingerprint density at radius 1 is 1.20 bits per heavy atom. The first-order valence-electron chi connectivity index (χ1n) is 5.93. The lowest BCUT2D eigenvalue weighted by atomic mass is 10.1. The molecule has 0 saturated heterocycles. The first kappa shape index (κ1) is 13.5. The Morgan fingerprint density at radius 3 is 2.50 bits per heavy atom. The van der Waals surface area contributed by atoms with Gasteiger partial charge in [-0.05, 0) is 23.8 Å². The number of carbonyl (C=O) groups is 1. The lowest BCUT2D eigenvalue weighted by Crippen LogP contribution is -2.14. The van der Waals surface area contributed by atoms with E-state index in [-0.39, 0.29) is 18.0 Å². The second kappa shape index (κ2) is 5.83. The van der Waals surface area contributed by atoms with Crippen molar-refractivity contribution in [3.8, 4) is 0 Å². The molecule has 1 amide bonds. The van der Waals surface area contributed by atoms with E-state index < -0.39 is 4.92 Å². The number of nitrogen functional groups attached to an aromatic ring is 1. The molecule has 0 bridgehead atoms. The summed E-state index contributed by atoms with van der Waals surface area (Å²) in [5.41, 5.74) is 7.52. The molecular formula is C14H13N3O3. The van der Waals surface area contributed by atoms with Gasteiger partial charge in [-0.3, -0.25) is 14.9 Å². The van der Waals surface area contributed by atoms with Gasteiger partial charge in [-0.25, -0.2) is 0 Å². The number of carbonyl (C=O) groups excluding carboxylic acids is 1. The Morgan fingerprint density at radius 2 is 1.90 bits per heavy atom. The standard InChI is InChI=1S/C14H13N3O3/c15-11-2-1-3-12(9-11)16-14(18)8-10-4-6-13(7-5-10)17(19)20/h1-7,9H,8,15H2,(H,16,18). The highest BCUT2D eigenvalue weighted by Gasteiger charge is 2.07. The van der Waals surface area contributed by atoms with Crippen molar-refractivity contribution in [1.29, 1.82) is 0 Å². The molecule has 3 N–H and O–H groups in total. The predicted molar refractivity (Wildman–Crippen MR) is 76.3 cm³/mol. The van der Waals surface area contributed by atoms with Gasteiger partial charge >= 0.3 is 0 Å². The fourth-order valence-electron chi connectivity index (χ4n) is 1.74. The Kier molecular flexibility index (Phi) is 3.95. The molecule has 0 spiro atoms. The van der Waals surface area contributed by atoms with Crippen LogP contribution in [0.25, 0.3) is 0 Å². The number of nitro benzene ring substituents is 1. The summed E-state index contributed by atoms with van der Waals surface area (Å²) < 4.78 is 0. The van der Waals surface area contributed by atoms with Gasteiger partial charge < -0.3 is 11.1 Å². The van der Waals surface area contributed by atoms with Gasteiger partial charge in [0.2, 0.25) is 5.91 Å². The first-order chi connectivity index (χ1) is 9.54. The number of hydrogen-bond acceptors (Lipinski definition) is 4. The average Bonchev–Trinajstić information content (AvgIpc) is 2.39. The zero-order valence-corrected chi connectivity index (χ0v) is 10.6. The Labute approximate surface area is 115 Å². The van der Waals surface area contributed by atoms with E-state index in [0.29, 0.717) is 16.9 Å². The SMILES string of the molecule is Nc1cccc(NC(=O)Cc2ccc([N+](=O)[O-])cc2)c1. The molecule has 102 valence electrons. The van der Waals surface area contributed by atoms with Crippen LogP contribution in [0.3, 0.4) is 0 Å². The number of nitrogens with one attached hydrogen (secondary N) is 1. The molecule has 0 saturated carbocycles. The van der Waals surface area contributed by atoms with E-state index in [2.05, 4.69) is 5.32 Å². The smallest absolute Gasteiger partial charge is 0.269 e. The normalized spacial score (nSPS) is 10.0. The minimum atomic E-state index is -0.476. The summed E-state index contributed by atoms with van der Waals surface area (Å²) >= 11 is 0. The van der Waals surface area contributed by atoms with E-state index in [9.17, 15) is 14.9 Å². The number of nitrogens with two attached hydrogens (primary N) is 1. The molecule has 20 heavy (non-hydrogen) atoms. The van der Waals surface area contributed by atoms with Crippen molar-refractivity contribution in [3.05, 3.63) is 64.2 Å². The highest BCUT2D eigenvalue weighted by Crippen LogP contribution is 2.14. The largest absolute Gasteiger partial charge is 0.399 e. The van der Waals surface area contributed by atoms with E-state index in [1.165, 1.54) is 12.1 Å². The molecular weight excluding hydrogens is 258 g/mol. The zero-order valence-electron chi connectivity index (χ0n) is 10.6. The van der Waals surface area contributed by atoms with Gasteiger partial charge in [0, 0.05) is 23.5 Å². The highest BCUT2D eigenvalue weighted by atomic mass is 16.6. The molecule has 2 aromatic carbocycles. The quantitative estimate of drug-likeness (QED) is 0.506. The molecule has 0 aliphatic carbocycles. The topological polar surface area (TPSA) is 98.3 Å². The van der Waals surface area contributed by atoms with Gasteiger partial charge in [0.15, 0.2) is 0 Å². The third-order valence-corrected chi connectivity index (χ3v) is 2.68. The van der Waals surface area contributed by atoms with Crippen LogP contribution >= 0.6 is 0 Å². The first-order valence-corrected chi connectivity index (χ1v) is 5.93. The van der Waals surface area contributed by atoms with Crippen molar-refractivity contribution in [2.45, 2.75) is 6.42 Å². The van der Waals surface area contributed by atoms with Crippen LogP contribution in [0, 0.1) is 10.1 Å². The van der Waals surface area contributed by atoms with Gasteiger partial charge in [-0.2, -0.15) is 0 Å². The summed E-state index contributed by atoms with van der Waals surface area (Å²) in [7, 11) is 0. The van der Waals surface area contributed by atoms with Crippen LogP contribution in [0.5, 0.6) is 0 Å². The lowest BCUT2D eigenvalue weighted by Gasteiger charge is -2.06. The number of nitro groups is 1. The number of anilines is 2. The molecule has 0 radical (unpaired) electrons. The van der Waals surface area contributed by atoms with E-state index in [0.717, 1.165) is 0 Å². The number of amides is 1. The highest BCUT2D eigenvalue weighted by molar-refractivity contribution is 5.92. The fraction of sp³-hybridized carbons (Fsp3) is 0.0714. The van der Waals surface area contributed by atoms with Gasteiger partial charge in [0.25, 0.3) is 5.69 Å². The van der Waals surface area contributed by atoms with Crippen LogP contribution in [-0.4, -0.2) is 10.8 Å². The minimum absolute atomic E-state index is 0.00462. The minimum Gasteiger partial charge on any atom is -0.399 e. The number of rotatable bonds is 4. The average molecular weight is 271 g/mol. The van der Waals surface area contributed by atoms with Crippen molar-refractivity contribution >= 4 is 23.0 Å². The number of hydrogen-bond donors (Lipinski definition) is 2. The van der Waals surface area contributed by atoms with Crippen LogP contribution in [0.1, 0.15) is 5.56 Å². The molecule has 6 nitrogen and oxygen atoms in total. The molecule has 6 heteroatoms. The van der Waals surface area contributed by atoms with Crippen molar-refractivity contribution in [2.75, 3.05) is 11.1 Å². The van der Waals surface area contributed by atoms with Crippen molar-refractivity contribution in [3.63, 3.8) is 0 Å². The van der Waals surface area contributed by atoms with Crippen molar-refractivity contribution in [1.82, 2.24) is 0 Å². The van der Waals surface area contributed by atoms with Gasteiger partial charge in [0.1, 0.15) is 0 Å². The third-order valence-electron chi connectivity index (χ3n) is 2.68. The van der Waals surface area contributed by atoms with Crippen LogP contribution in [0.15, 0.2) is 48.5 Å². The molecule has 0 aliphatic heterocycles. The fourth-order valence-corrected chi connectivity index (χ4v) is 1.74. The lowest BCUT2D eigenvalue weighted by molar-refractivity contribution is -0.384. The second-order valence-corrected chi connectivity index (χ2v) is 4.27. The maximum absolute atomic E-state index is 11.8. The van der Waals surface area contributed by atoms with Gasteiger partial charge in [0.05, 0.1) is 11.3 Å². The van der Waals surface area contributed by atoms with E-state index >= 15 is 0 Å². The molecule has 0 aromatic heterocycles. The summed E-state index contributed by atoms with van der Waals surface area (Å²) in [4.78, 5) is 21.9. The van der Waals surface area contributed by atoms with Gasteiger partial charge in [-0.15, -0.1) is 0 Å². The summed E-state index contributed by atoms with van der Waals surface area (Å²) in [6.07, 6.45) is 0.146. The van der Waals surface area contributed by atoms with Crippen molar-refractivity contribution in [2.24, 2.45) is 0 Å². The summed E-state index contributed by atoms with van der Waals surface area (Å²) in [6.45, 7) is 0. The maximum Gasteiger partial charge on any atom is 0.269 e. The predicted octanol–water partition coefficient (Wildman–Crippen LogP) is 2.36. The Balaban J connectivity index is 1.99. The van der Waals surface area contributed by atoms with Crippen LogP contribution in [0.2, 0.25) is 0 Å². The third kappa shape index (κ3) is 3.55. The molecule has 0 unspecified atom stereocenters. The van der Waals surface area contributed by atoms with E-state index in [1.54, 1.807) is 36.4 Å². The molecule has 0 fully saturated rings. The van der Waals surface area contributed by atoms with Crippen LogP contribution in [-0.2, 0) is 11.2 Å². The van der Waals surface area contributed by atoms with E-state index in [4.69, 9.17) is 5.73 Å². The van der Waals surface area contributed by atoms with E-state index in [1.807, 2.05) is 0 Å². The number of non-ortho nitro benzene ring substituents is 1. The molecule has 2 rings (SSSR count).